The van der Waals surface area contributed by atoms with Gasteiger partial charge < -0.3 is 14.6 Å². The first-order chi connectivity index (χ1) is 12.9. The fourth-order valence-corrected chi connectivity index (χ4v) is 4.58. The molecule has 4 heteroatoms. The number of carbonyl (C=O) groups is 1. The number of hydrogen-bond acceptors (Lipinski definition) is 3. The van der Waals surface area contributed by atoms with Gasteiger partial charge in [0.05, 0.1) is 0 Å². The van der Waals surface area contributed by atoms with E-state index < -0.39 is 5.97 Å². The second-order valence-electron chi connectivity index (χ2n) is 8.81. The van der Waals surface area contributed by atoms with Crippen LogP contribution in [-0.4, -0.2) is 23.8 Å². The minimum Gasteiger partial charge on any atom is -0.489 e. The van der Waals surface area contributed by atoms with E-state index in [4.69, 9.17) is 14.6 Å². The molecule has 0 aromatic heterocycles. The molecule has 0 bridgehead atoms. The van der Waals surface area contributed by atoms with Crippen LogP contribution in [0.25, 0.3) is 0 Å². The second-order valence-corrected chi connectivity index (χ2v) is 8.81. The summed E-state index contributed by atoms with van der Waals surface area (Å²) in [5.41, 5.74) is 2.31. The summed E-state index contributed by atoms with van der Waals surface area (Å²) in [6.07, 6.45) is 10.9. The average molecular weight is 375 g/mol. The van der Waals surface area contributed by atoms with E-state index in [0.29, 0.717) is 5.92 Å². The minimum atomic E-state index is -0.938. The lowest BCUT2D eigenvalue weighted by Gasteiger charge is -2.27. The van der Waals surface area contributed by atoms with E-state index in [9.17, 15) is 4.79 Å². The Labute approximate surface area is 163 Å². The van der Waals surface area contributed by atoms with E-state index in [0.717, 1.165) is 36.3 Å². The van der Waals surface area contributed by atoms with Gasteiger partial charge in [-0.2, -0.15) is 0 Å². The van der Waals surface area contributed by atoms with Crippen molar-refractivity contribution >= 4 is 5.97 Å². The van der Waals surface area contributed by atoms with Crippen molar-refractivity contribution in [2.24, 2.45) is 0 Å². The van der Waals surface area contributed by atoms with Gasteiger partial charge >= 0.3 is 5.97 Å². The molecule has 0 amide bonds. The number of carboxylic acids is 1. The zero-order chi connectivity index (χ0) is 19.4. The normalized spacial score (nSPS) is 21.3. The number of ether oxygens (including phenoxy) is 2. The van der Waals surface area contributed by atoms with E-state index in [1.807, 2.05) is 0 Å². The first kappa shape index (κ1) is 20.0. The number of carboxylic acid groups (broad SMARTS) is 1. The summed E-state index contributed by atoms with van der Waals surface area (Å²) < 4.78 is 12.1. The molecule has 1 aromatic rings. The number of aliphatic carboxylic acids is 1. The highest BCUT2D eigenvalue weighted by Gasteiger charge is 2.39. The molecule has 2 aliphatic rings. The van der Waals surface area contributed by atoms with E-state index in [1.165, 1.54) is 44.1 Å². The number of rotatable bonds is 9. The topological polar surface area (TPSA) is 55.8 Å². The molecule has 1 aromatic carbocycles. The summed E-state index contributed by atoms with van der Waals surface area (Å²) in [4.78, 5) is 11.1. The summed E-state index contributed by atoms with van der Waals surface area (Å²) in [6.45, 7) is 6.46. The molecule has 0 saturated heterocycles. The largest absolute Gasteiger partial charge is 0.489 e. The fraction of sp³-hybridized carbons (Fsp3) is 0.696. The molecule has 0 spiro atoms. The average Bonchev–Trinajstić information content (AvgIpc) is 3.02. The number of fused-ring (bicyclic) bond motifs is 3. The predicted octanol–water partition coefficient (Wildman–Crippen LogP) is 5.82. The van der Waals surface area contributed by atoms with Gasteiger partial charge in [-0.3, -0.25) is 0 Å². The maximum absolute atomic E-state index is 11.1. The quantitative estimate of drug-likeness (QED) is 0.554. The van der Waals surface area contributed by atoms with E-state index in [2.05, 4.69) is 32.9 Å². The Morgan fingerprint density at radius 1 is 1.22 bits per heavy atom. The van der Waals surface area contributed by atoms with Crippen molar-refractivity contribution in [2.75, 3.05) is 6.61 Å². The minimum absolute atomic E-state index is 0.0151. The molecule has 1 heterocycles. The zero-order valence-electron chi connectivity index (χ0n) is 17.1. The molecule has 1 N–H and O–H groups in total. The van der Waals surface area contributed by atoms with Crippen LogP contribution in [0.4, 0.5) is 0 Å². The highest BCUT2D eigenvalue weighted by Crippen LogP contribution is 2.51. The third kappa shape index (κ3) is 4.59. The molecular weight excluding hydrogens is 340 g/mol. The molecule has 0 radical (unpaired) electrons. The van der Waals surface area contributed by atoms with Crippen molar-refractivity contribution in [1.82, 2.24) is 0 Å². The van der Waals surface area contributed by atoms with Crippen LogP contribution in [0.5, 0.6) is 11.5 Å². The molecule has 3 rings (SSSR count). The summed E-state index contributed by atoms with van der Waals surface area (Å²) >= 11 is 0. The Kier molecular flexibility index (Phi) is 6.33. The second kappa shape index (κ2) is 8.53. The van der Waals surface area contributed by atoms with Gasteiger partial charge in [-0.15, -0.1) is 0 Å². The van der Waals surface area contributed by atoms with Crippen molar-refractivity contribution in [1.29, 1.82) is 0 Å². The van der Waals surface area contributed by atoms with Crippen molar-refractivity contribution in [3.05, 3.63) is 23.3 Å². The maximum atomic E-state index is 11.1. The Bertz CT molecular complexity index is 665. The third-order valence-electron chi connectivity index (χ3n) is 6.24. The molecule has 4 nitrogen and oxygen atoms in total. The SMILES string of the molecule is CCCCCCC(C)(C)c1cc(OCC(=O)O)c2c(c1)OC1CCCCC21. The Balaban J connectivity index is 1.87. The van der Waals surface area contributed by atoms with Gasteiger partial charge in [0.15, 0.2) is 6.61 Å². The van der Waals surface area contributed by atoms with Crippen LogP contribution in [0.1, 0.15) is 95.6 Å². The lowest BCUT2D eigenvalue weighted by atomic mass is 9.77. The summed E-state index contributed by atoms with van der Waals surface area (Å²) in [5.74, 6) is 1.05. The third-order valence-corrected chi connectivity index (χ3v) is 6.24. The van der Waals surface area contributed by atoms with E-state index >= 15 is 0 Å². The highest BCUT2D eigenvalue weighted by molar-refractivity contribution is 5.69. The lowest BCUT2D eigenvalue weighted by molar-refractivity contribution is -0.139. The van der Waals surface area contributed by atoms with Gasteiger partial charge in [0.1, 0.15) is 17.6 Å². The Hall–Kier alpha value is -1.71. The molecule has 27 heavy (non-hydrogen) atoms. The first-order valence-electron chi connectivity index (χ1n) is 10.6. The predicted molar refractivity (Wildman–Crippen MR) is 107 cm³/mol. The van der Waals surface area contributed by atoms with Crippen LogP contribution in [0, 0.1) is 0 Å². The molecule has 150 valence electrons. The van der Waals surface area contributed by atoms with Gasteiger partial charge in [0, 0.05) is 11.5 Å². The number of benzene rings is 1. The lowest BCUT2D eigenvalue weighted by Crippen LogP contribution is -2.22. The molecule has 2 atom stereocenters. The highest BCUT2D eigenvalue weighted by atomic mass is 16.5. The smallest absolute Gasteiger partial charge is 0.341 e. The van der Waals surface area contributed by atoms with Gasteiger partial charge in [0.2, 0.25) is 0 Å². The van der Waals surface area contributed by atoms with Gasteiger partial charge in [-0.25, -0.2) is 4.79 Å². The molecule has 1 fully saturated rings. The number of hydrogen-bond donors (Lipinski definition) is 1. The van der Waals surface area contributed by atoms with Crippen LogP contribution in [-0.2, 0) is 10.2 Å². The summed E-state index contributed by atoms with van der Waals surface area (Å²) in [7, 11) is 0. The van der Waals surface area contributed by atoms with E-state index in [-0.39, 0.29) is 18.1 Å². The Morgan fingerprint density at radius 3 is 2.74 bits per heavy atom. The van der Waals surface area contributed by atoms with Crippen molar-refractivity contribution in [2.45, 2.75) is 96.0 Å². The molecule has 1 saturated carbocycles. The standard InChI is InChI=1S/C23H34O4/c1-4-5-6-9-12-23(2,3)16-13-19(26-15-21(24)25)22-17-10-7-8-11-18(17)27-20(22)14-16/h13-14,17-18H,4-12,15H2,1-3H3,(H,24,25). The van der Waals surface area contributed by atoms with Crippen LogP contribution in [0.3, 0.4) is 0 Å². The maximum Gasteiger partial charge on any atom is 0.341 e. The van der Waals surface area contributed by atoms with Gasteiger partial charge in [0.25, 0.3) is 0 Å². The van der Waals surface area contributed by atoms with Crippen LogP contribution < -0.4 is 9.47 Å². The van der Waals surface area contributed by atoms with E-state index in [1.54, 1.807) is 0 Å². The summed E-state index contributed by atoms with van der Waals surface area (Å²) in [6, 6.07) is 4.28. The molecule has 1 aliphatic carbocycles. The zero-order valence-corrected chi connectivity index (χ0v) is 17.1. The Morgan fingerprint density at radius 2 is 2.00 bits per heavy atom. The van der Waals surface area contributed by atoms with Crippen molar-refractivity contribution < 1.29 is 19.4 Å². The van der Waals surface area contributed by atoms with Crippen LogP contribution in [0.2, 0.25) is 0 Å². The number of unbranched alkanes of at least 4 members (excludes halogenated alkanes) is 3. The van der Waals surface area contributed by atoms with Crippen LogP contribution >= 0.6 is 0 Å². The molecular formula is C23H34O4. The van der Waals surface area contributed by atoms with Crippen molar-refractivity contribution in [3.63, 3.8) is 0 Å². The fourth-order valence-electron chi connectivity index (χ4n) is 4.58. The van der Waals surface area contributed by atoms with Gasteiger partial charge in [-0.1, -0.05) is 52.9 Å². The molecule has 1 aliphatic heterocycles. The van der Waals surface area contributed by atoms with Crippen LogP contribution in [0.15, 0.2) is 12.1 Å². The first-order valence-corrected chi connectivity index (χ1v) is 10.6. The monoisotopic (exact) mass is 374 g/mol. The van der Waals surface area contributed by atoms with Gasteiger partial charge in [-0.05, 0) is 48.8 Å². The molecule has 2 unspecified atom stereocenters. The van der Waals surface area contributed by atoms with Crippen molar-refractivity contribution in [3.8, 4) is 11.5 Å². The summed E-state index contributed by atoms with van der Waals surface area (Å²) in [5, 5.41) is 9.10.